The average molecular weight is 304 g/mol. The van der Waals surface area contributed by atoms with Crippen LogP contribution in [0.2, 0.25) is 0 Å². The molecular weight excluding hydrogens is 292 g/mol. The largest absolute Gasteiger partial charge is 0.478 e. The van der Waals surface area contributed by atoms with Crippen LogP contribution in [0, 0.1) is 11.3 Å². The first kappa shape index (κ1) is 14.8. The van der Waals surface area contributed by atoms with Gasteiger partial charge >= 0.3 is 5.97 Å². The summed E-state index contributed by atoms with van der Waals surface area (Å²) in [5.74, 6) is -1.23. The number of benzene rings is 1. The molecule has 1 aromatic carbocycles. The Balaban J connectivity index is 2.13. The van der Waals surface area contributed by atoms with Gasteiger partial charge in [0.1, 0.15) is 0 Å². The summed E-state index contributed by atoms with van der Waals surface area (Å²) in [4.78, 5) is 10.8. The fourth-order valence-electron chi connectivity index (χ4n) is 1.81. The van der Waals surface area contributed by atoms with Gasteiger partial charge in [0.05, 0.1) is 27.8 Å². The summed E-state index contributed by atoms with van der Waals surface area (Å²) in [6.45, 7) is 0.145. The van der Waals surface area contributed by atoms with Gasteiger partial charge in [0, 0.05) is 18.9 Å². The second kappa shape index (κ2) is 5.81. The number of hydrogen-bond acceptors (Lipinski definition) is 4. The van der Waals surface area contributed by atoms with Crippen molar-refractivity contribution in [3.63, 3.8) is 0 Å². The van der Waals surface area contributed by atoms with Crippen LogP contribution in [-0.4, -0.2) is 29.8 Å². The van der Waals surface area contributed by atoms with Crippen LogP contribution in [0.4, 0.5) is 0 Å². The van der Waals surface area contributed by atoms with E-state index < -0.39 is 15.8 Å². The van der Waals surface area contributed by atoms with E-state index in [9.17, 15) is 13.2 Å². The zero-order valence-corrected chi connectivity index (χ0v) is 11.7. The lowest BCUT2D eigenvalue weighted by Crippen LogP contribution is -2.12. The number of carbonyl (C=O) groups is 1. The monoisotopic (exact) mass is 304 g/mol. The Morgan fingerprint density at radius 1 is 1.33 bits per heavy atom. The minimum atomic E-state index is -3.52. The topological polar surface area (TPSA) is 100 Å². The van der Waals surface area contributed by atoms with Crippen molar-refractivity contribution >= 4 is 15.8 Å². The summed E-state index contributed by atoms with van der Waals surface area (Å²) >= 11 is 0. The number of sulfone groups is 1. The molecule has 7 heteroatoms. The molecule has 1 aromatic heterocycles. The lowest BCUT2D eigenvalue weighted by atomic mass is 10.2. The molecule has 0 aliphatic carbocycles. The Bertz CT molecular complexity index is 815. The highest BCUT2D eigenvalue weighted by molar-refractivity contribution is 7.91. The smallest absolute Gasteiger partial charge is 0.337 e. The van der Waals surface area contributed by atoms with Gasteiger partial charge in [-0.3, -0.25) is 0 Å². The molecule has 0 unspecified atom stereocenters. The van der Waals surface area contributed by atoms with Crippen molar-refractivity contribution in [2.75, 3.05) is 5.75 Å². The number of nitriles is 1. The maximum atomic E-state index is 12.2. The van der Waals surface area contributed by atoms with E-state index in [0.29, 0.717) is 0 Å². The van der Waals surface area contributed by atoms with Crippen molar-refractivity contribution in [1.82, 2.24) is 4.57 Å². The van der Waals surface area contributed by atoms with Gasteiger partial charge in [-0.05, 0) is 24.3 Å². The third-order valence-corrected chi connectivity index (χ3v) is 4.63. The number of carboxylic acid groups (broad SMARTS) is 1. The first-order valence-corrected chi connectivity index (χ1v) is 7.69. The highest BCUT2D eigenvalue weighted by atomic mass is 32.2. The molecule has 0 atom stereocenters. The van der Waals surface area contributed by atoms with Crippen molar-refractivity contribution < 1.29 is 18.3 Å². The van der Waals surface area contributed by atoms with Crippen molar-refractivity contribution in [3.05, 3.63) is 53.9 Å². The third kappa shape index (κ3) is 3.49. The van der Waals surface area contributed by atoms with Crippen molar-refractivity contribution in [3.8, 4) is 6.07 Å². The van der Waals surface area contributed by atoms with Crippen LogP contribution in [0.5, 0.6) is 0 Å². The third-order valence-electron chi connectivity index (χ3n) is 2.94. The molecular formula is C14H12N2O4S. The molecule has 0 bridgehead atoms. The van der Waals surface area contributed by atoms with Gasteiger partial charge in [0.2, 0.25) is 0 Å². The van der Waals surface area contributed by atoms with E-state index in [-0.39, 0.29) is 28.3 Å². The summed E-state index contributed by atoms with van der Waals surface area (Å²) in [7, 11) is -3.52. The molecule has 108 valence electrons. The minimum Gasteiger partial charge on any atom is -0.478 e. The van der Waals surface area contributed by atoms with Gasteiger partial charge in [-0.1, -0.05) is 6.07 Å². The molecule has 1 heterocycles. The second-order valence-electron chi connectivity index (χ2n) is 4.40. The molecule has 0 aliphatic rings. The predicted octanol–water partition coefficient (Wildman–Crippen LogP) is 1.53. The van der Waals surface area contributed by atoms with Crippen molar-refractivity contribution in [2.24, 2.45) is 0 Å². The summed E-state index contributed by atoms with van der Waals surface area (Å²) in [6.07, 6.45) is 2.90. The Kier molecular flexibility index (Phi) is 4.10. The Labute approximate surface area is 121 Å². The van der Waals surface area contributed by atoms with E-state index >= 15 is 0 Å². The van der Waals surface area contributed by atoms with Crippen LogP contribution in [0.15, 0.2) is 47.6 Å². The highest BCUT2D eigenvalue weighted by Gasteiger charge is 2.15. The molecule has 0 fully saturated rings. The van der Waals surface area contributed by atoms with Crippen LogP contribution < -0.4 is 0 Å². The Morgan fingerprint density at radius 2 is 2.10 bits per heavy atom. The number of aromatic carboxylic acids is 1. The van der Waals surface area contributed by atoms with E-state index in [4.69, 9.17) is 10.4 Å². The average Bonchev–Trinajstić information content (AvgIpc) is 2.94. The fraction of sp³-hybridized carbons (Fsp3) is 0.143. The lowest BCUT2D eigenvalue weighted by Gasteiger charge is -2.06. The Hall–Kier alpha value is -2.59. The maximum Gasteiger partial charge on any atom is 0.337 e. The van der Waals surface area contributed by atoms with E-state index in [1.54, 1.807) is 0 Å². The van der Waals surface area contributed by atoms with Gasteiger partial charge in [0.15, 0.2) is 9.84 Å². The maximum absolute atomic E-state index is 12.2. The lowest BCUT2D eigenvalue weighted by molar-refractivity contribution is 0.0697. The molecule has 2 aromatic rings. The fourth-order valence-corrected chi connectivity index (χ4v) is 3.09. The zero-order chi connectivity index (χ0) is 15.5. The SMILES string of the molecule is N#Cc1cccc(S(=O)(=O)CCn2ccc(C(=O)O)c2)c1. The van der Waals surface area contributed by atoms with Gasteiger partial charge < -0.3 is 9.67 Å². The van der Waals surface area contributed by atoms with Crippen LogP contribution in [-0.2, 0) is 16.4 Å². The summed E-state index contributed by atoms with van der Waals surface area (Å²) in [5.41, 5.74) is 0.393. The number of rotatable bonds is 5. The van der Waals surface area contributed by atoms with Gasteiger partial charge in [-0.15, -0.1) is 0 Å². The van der Waals surface area contributed by atoms with Crippen LogP contribution in [0.25, 0.3) is 0 Å². The minimum absolute atomic E-state index is 0.0900. The van der Waals surface area contributed by atoms with E-state index in [2.05, 4.69) is 0 Å². The first-order chi connectivity index (χ1) is 9.92. The summed E-state index contributed by atoms with van der Waals surface area (Å²) < 4.78 is 25.9. The summed E-state index contributed by atoms with van der Waals surface area (Å²) in [5, 5.41) is 17.6. The van der Waals surface area contributed by atoms with Crippen LogP contribution >= 0.6 is 0 Å². The molecule has 0 spiro atoms. The first-order valence-electron chi connectivity index (χ1n) is 6.04. The van der Waals surface area contributed by atoms with Crippen LogP contribution in [0.3, 0.4) is 0 Å². The van der Waals surface area contributed by atoms with Crippen molar-refractivity contribution in [2.45, 2.75) is 11.4 Å². The molecule has 6 nitrogen and oxygen atoms in total. The standard InChI is InChI=1S/C14H12N2O4S/c15-9-11-2-1-3-13(8-11)21(19,20)7-6-16-5-4-12(10-16)14(17)18/h1-5,8,10H,6-7H2,(H,17,18). The second-order valence-corrected chi connectivity index (χ2v) is 6.51. The van der Waals surface area contributed by atoms with Crippen LogP contribution in [0.1, 0.15) is 15.9 Å². The number of hydrogen-bond donors (Lipinski definition) is 1. The van der Waals surface area contributed by atoms with Gasteiger partial charge in [0.25, 0.3) is 0 Å². The summed E-state index contributed by atoms with van der Waals surface area (Å²) in [6, 6.07) is 9.12. The molecule has 1 N–H and O–H groups in total. The molecule has 2 rings (SSSR count). The molecule has 0 saturated carbocycles. The van der Waals surface area contributed by atoms with Gasteiger partial charge in [-0.25, -0.2) is 13.2 Å². The highest BCUT2D eigenvalue weighted by Crippen LogP contribution is 2.13. The van der Waals surface area contributed by atoms with E-state index in [0.717, 1.165) is 0 Å². The Morgan fingerprint density at radius 3 is 2.71 bits per heavy atom. The van der Waals surface area contributed by atoms with E-state index in [1.807, 2.05) is 6.07 Å². The molecule has 0 radical (unpaired) electrons. The van der Waals surface area contributed by atoms with Crippen molar-refractivity contribution in [1.29, 1.82) is 5.26 Å². The molecule has 0 amide bonds. The normalized spacial score (nSPS) is 11.0. The number of aromatic nitrogens is 1. The number of nitrogens with zero attached hydrogens (tertiary/aromatic N) is 2. The molecule has 0 aliphatic heterocycles. The number of carboxylic acids is 1. The molecule has 0 saturated heterocycles. The predicted molar refractivity (Wildman–Crippen MR) is 74.6 cm³/mol. The van der Waals surface area contributed by atoms with Gasteiger partial charge in [-0.2, -0.15) is 5.26 Å². The van der Waals surface area contributed by atoms with E-state index in [1.165, 1.54) is 47.3 Å². The molecule has 21 heavy (non-hydrogen) atoms. The quantitative estimate of drug-likeness (QED) is 0.903. The number of aryl methyl sites for hydroxylation is 1. The zero-order valence-electron chi connectivity index (χ0n) is 10.9.